The standard InChI is InChI=1S/C18H18ClN3O3/c1-4-24-13-5-6-16-15(9-13)20-21-22(16)17(23)10-25-18-12(3)7-11(2)8-14(18)19/h5-9H,4,10H2,1-3H3. The molecule has 0 fully saturated rings. The second-order valence-electron chi connectivity index (χ2n) is 5.66. The lowest BCUT2D eigenvalue weighted by Crippen LogP contribution is -2.20. The molecule has 130 valence electrons. The predicted octanol–water partition coefficient (Wildman–Crippen LogP) is 3.82. The van der Waals surface area contributed by atoms with Gasteiger partial charge in [0, 0.05) is 6.07 Å². The number of fused-ring (bicyclic) bond motifs is 1. The number of nitrogens with zero attached hydrogens (tertiary/aromatic N) is 3. The molecule has 25 heavy (non-hydrogen) atoms. The van der Waals surface area contributed by atoms with Gasteiger partial charge in [0.2, 0.25) is 0 Å². The summed E-state index contributed by atoms with van der Waals surface area (Å²) in [5, 5.41) is 8.41. The lowest BCUT2D eigenvalue weighted by atomic mass is 10.1. The van der Waals surface area contributed by atoms with Crippen LogP contribution in [0.5, 0.6) is 11.5 Å². The summed E-state index contributed by atoms with van der Waals surface area (Å²) < 4.78 is 12.3. The molecule has 0 aliphatic rings. The monoisotopic (exact) mass is 359 g/mol. The number of halogens is 1. The van der Waals surface area contributed by atoms with Crippen LogP contribution in [-0.2, 0) is 0 Å². The molecule has 0 atom stereocenters. The number of hydrogen-bond acceptors (Lipinski definition) is 5. The van der Waals surface area contributed by atoms with Crippen LogP contribution in [0.3, 0.4) is 0 Å². The van der Waals surface area contributed by atoms with Gasteiger partial charge in [-0.2, -0.15) is 4.68 Å². The van der Waals surface area contributed by atoms with Gasteiger partial charge in [-0.15, -0.1) is 5.10 Å². The topological polar surface area (TPSA) is 66.2 Å². The van der Waals surface area contributed by atoms with Crippen molar-refractivity contribution in [2.75, 3.05) is 13.2 Å². The second kappa shape index (κ2) is 7.11. The van der Waals surface area contributed by atoms with Crippen LogP contribution in [0.4, 0.5) is 0 Å². The van der Waals surface area contributed by atoms with Gasteiger partial charge in [-0.25, -0.2) is 0 Å². The largest absolute Gasteiger partial charge is 0.494 e. The average molecular weight is 360 g/mol. The zero-order chi connectivity index (χ0) is 18.0. The highest BCUT2D eigenvalue weighted by atomic mass is 35.5. The van der Waals surface area contributed by atoms with Crippen LogP contribution in [0.1, 0.15) is 22.8 Å². The van der Waals surface area contributed by atoms with Crippen molar-refractivity contribution >= 4 is 28.5 Å². The van der Waals surface area contributed by atoms with Crippen molar-refractivity contribution in [3.05, 3.63) is 46.5 Å². The summed E-state index contributed by atoms with van der Waals surface area (Å²) >= 11 is 6.20. The summed E-state index contributed by atoms with van der Waals surface area (Å²) in [6.07, 6.45) is 0. The normalized spacial score (nSPS) is 10.9. The summed E-state index contributed by atoms with van der Waals surface area (Å²) in [5.74, 6) is 0.860. The molecule has 1 heterocycles. The van der Waals surface area contributed by atoms with E-state index in [4.69, 9.17) is 21.1 Å². The Morgan fingerprint density at radius 2 is 2.00 bits per heavy atom. The Kier molecular flexibility index (Phi) is 4.90. The maximum absolute atomic E-state index is 12.5. The fraction of sp³-hybridized carbons (Fsp3) is 0.278. The Labute approximate surface area is 150 Å². The number of benzene rings is 2. The molecular formula is C18H18ClN3O3. The maximum atomic E-state index is 12.5. The first-order chi connectivity index (χ1) is 12.0. The van der Waals surface area contributed by atoms with E-state index in [2.05, 4.69) is 10.3 Å². The third-order valence-electron chi connectivity index (χ3n) is 3.68. The van der Waals surface area contributed by atoms with Crippen LogP contribution in [0.15, 0.2) is 30.3 Å². The van der Waals surface area contributed by atoms with Gasteiger partial charge in [-0.05, 0) is 50.1 Å². The van der Waals surface area contributed by atoms with Crippen LogP contribution in [-0.4, -0.2) is 34.1 Å². The summed E-state index contributed by atoms with van der Waals surface area (Å²) in [6.45, 7) is 6.11. The van der Waals surface area contributed by atoms with E-state index in [0.717, 1.165) is 11.1 Å². The molecule has 0 aliphatic heterocycles. The van der Waals surface area contributed by atoms with Crippen LogP contribution in [0.2, 0.25) is 5.02 Å². The third-order valence-corrected chi connectivity index (χ3v) is 3.96. The maximum Gasteiger partial charge on any atom is 0.286 e. The zero-order valence-corrected chi connectivity index (χ0v) is 15.0. The van der Waals surface area contributed by atoms with Gasteiger partial charge >= 0.3 is 0 Å². The van der Waals surface area contributed by atoms with E-state index >= 15 is 0 Å². The molecule has 0 amide bonds. The van der Waals surface area contributed by atoms with Crippen LogP contribution in [0.25, 0.3) is 11.0 Å². The minimum absolute atomic E-state index is 0.185. The van der Waals surface area contributed by atoms with Gasteiger partial charge < -0.3 is 9.47 Å². The molecule has 0 N–H and O–H groups in total. The molecule has 3 rings (SSSR count). The van der Waals surface area contributed by atoms with Crippen LogP contribution < -0.4 is 9.47 Å². The predicted molar refractivity (Wildman–Crippen MR) is 95.7 cm³/mol. The fourth-order valence-electron chi connectivity index (χ4n) is 2.62. The summed E-state index contributed by atoms with van der Waals surface area (Å²) in [5.41, 5.74) is 3.10. The number of aryl methyl sites for hydroxylation is 2. The smallest absolute Gasteiger partial charge is 0.286 e. The van der Waals surface area contributed by atoms with Crippen molar-refractivity contribution in [2.45, 2.75) is 20.8 Å². The van der Waals surface area contributed by atoms with Crippen molar-refractivity contribution in [2.24, 2.45) is 0 Å². The quantitative estimate of drug-likeness (QED) is 0.692. The third kappa shape index (κ3) is 3.58. The first-order valence-electron chi connectivity index (χ1n) is 7.90. The summed E-state index contributed by atoms with van der Waals surface area (Å²) in [6, 6.07) is 9.03. The fourth-order valence-corrected chi connectivity index (χ4v) is 3.00. The first-order valence-corrected chi connectivity index (χ1v) is 8.28. The molecule has 3 aromatic rings. The average Bonchev–Trinajstić information content (AvgIpc) is 2.97. The minimum Gasteiger partial charge on any atom is -0.494 e. The Morgan fingerprint density at radius 3 is 2.72 bits per heavy atom. The number of carbonyl (C=O) groups excluding carboxylic acids is 1. The summed E-state index contributed by atoms with van der Waals surface area (Å²) in [7, 11) is 0. The molecule has 0 saturated carbocycles. The van der Waals surface area contributed by atoms with Gasteiger partial charge in [-0.1, -0.05) is 22.9 Å². The molecule has 0 bridgehead atoms. The second-order valence-corrected chi connectivity index (χ2v) is 6.07. The van der Waals surface area contributed by atoms with Gasteiger partial charge in [0.25, 0.3) is 5.91 Å². The molecule has 0 saturated heterocycles. The summed E-state index contributed by atoms with van der Waals surface area (Å²) in [4.78, 5) is 12.5. The lowest BCUT2D eigenvalue weighted by molar-refractivity contribution is 0.0824. The Hall–Kier alpha value is -2.60. The molecule has 2 aromatic carbocycles. The van der Waals surface area contributed by atoms with E-state index in [0.29, 0.717) is 34.2 Å². The van der Waals surface area contributed by atoms with Crippen molar-refractivity contribution in [1.82, 2.24) is 15.0 Å². The van der Waals surface area contributed by atoms with Crippen molar-refractivity contribution < 1.29 is 14.3 Å². The zero-order valence-electron chi connectivity index (χ0n) is 14.2. The molecule has 7 heteroatoms. The molecule has 0 unspecified atom stereocenters. The Balaban J connectivity index is 1.79. The van der Waals surface area contributed by atoms with E-state index in [-0.39, 0.29) is 12.5 Å². The number of rotatable bonds is 5. The van der Waals surface area contributed by atoms with Crippen molar-refractivity contribution in [3.63, 3.8) is 0 Å². The van der Waals surface area contributed by atoms with E-state index in [1.165, 1.54) is 4.68 Å². The number of aromatic nitrogens is 3. The Morgan fingerprint density at radius 1 is 1.20 bits per heavy atom. The lowest BCUT2D eigenvalue weighted by Gasteiger charge is -2.11. The highest BCUT2D eigenvalue weighted by Gasteiger charge is 2.15. The Bertz CT molecular complexity index is 913. The molecular weight excluding hydrogens is 342 g/mol. The van der Waals surface area contributed by atoms with E-state index in [9.17, 15) is 4.79 Å². The number of hydrogen-bond donors (Lipinski definition) is 0. The SMILES string of the molecule is CCOc1ccc2c(c1)nnn2C(=O)COc1c(C)cc(C)cc1Cl. The van der Waals surface area contributed by atoms with Crippen molar-refractivity contribution in [1.29, 1.82) is 0 Å². The van der Waals surface area contributed by atoms with Crippen LogP contribution in [0, 0.1) is 13.8 Å². The van der Waals surface area contributed by atoms with Crippen molar-refractivity contribution in [3.8, 4) is 11.5 Å². The van der Waals surface area contributed by atoms with E-state index in [1.54, 1.807) is 24.3 Å². The van der Waals surface area contributed by atoms with Gasteiger partial charge in [0.15, 0.2) is 6.61 Å². The minimum atomic E-state index is -0.331. The molecule has 1 aromatic heterocycles. The van der Waals surface area contributed by atoms with Crippen LogP contribution >= 0.6 is 11.6 Å². The number of carbonyl (C=O) groups is 1. The van der Waals surface area contributed by atoms with Gasteiger partial charge in [0.05, 0.1) is 17.1 Å². The molecule has 0 radical (unpaired) electrons. The molecule has 0 aliphatic carbocycles. The van der Waals surface area contributed by atoms with E-state index in [1.807, 2.05) is 26.8 Å². The number of ether oxygens (including phenoxy) is 2. The molecule has 0 spiro atoms. The van der Waals surface area contributed by atoms with Gasteiger partial charge in [-0.3, -0.25) is 4.79 Å². The molecule has 6 nitrogen and oxygen atoms in total. The van der Waals surface area contributed by atoms with E-state index < -0.39 is 0 Å². The highest BCUT2D eigenvalue weighted by Crippen LogP contribution is 2.29. The van der Waals surface area contributed by atoms with Gasteiger partial charge in [0.1, 0.15) is 17.0 Å². The highest BCUT2D eigenvalue weighted by molar-refractivity contribution is 6.32. The first kappa shape index (κ1) is 17.2.